The minimum atomic E-state index is 0.0849. The lowest BCUT2D eigenvalue weighted by Crippen LogP contribution is -2.39. The van der Waals surface area contributed by atoms with Crippen molar-refractivity contribution in [1.29, 1.82) is 0 Å². The number of carbonyl (C=O) groups is 1. The average molecular weight is 323 g/mol. The van der Waals surface area contributed by atoms with E-state index in [0.29, 0.717) is 19.1 Å². The van der Waals surface area contributed by atoms with Gasteiger partial charge in [0.1, 0.15) is 6.61 Å². The minimum absolute atomic E-state index is 0.0849. The second kappa shape index (κ2) is 8.65. The van der Waals surface area contributed by atoms with Gasteiger partial charge in [0.25, 0.3) is 0 Å². The average Bonchev–Trinajstić information content (AvgIpc) is 2.58. The molecule has 1 amide bonds. The second-order valence-electron chi connectivity index (χ2n) is 6.54. The molecule has 0 bridgehead atoms. The molecule has 0 radical (unpaired) electrons. The molecular formula is C21H25NO2. The molecule has 1 fully saturated rings. The molecule has 24 heavy (non-hydrogen) atoms. The lowest BCUT2D eigenvalue weighted by Gasteiger charge is -2.32. The van der Waals surface area contributed by atoms with Crippen LogP contribution in [-0.2, 0) is 22.7 Å². The van der Waals surface area contributed by atoms with Gasteiger partial charge in [-0.25, -0.2) is 0 Å². The summed E-state index contributed by atoms with van der Waals surface area (Å²) in [5.74, 6) is 0.744. The van der Waals surface area contributed by atoms with E-state index in [4.69, 9.17) is 4.74 Å². The van der Waals surface area contributed by atoms with Gasteiger partial charge in [-0.2, -0.15) is 0 Å². The minimum Gasteiger partial charge on any atom is -0.367 e. The summed E-state index contributed by atoms with van der Waals surface area (Å²) in [7, 11) is 0. The second-order valence-corrected chi connectivity index (χ2v) is 6.54. The van der Waals surface area contributed by atoms with Crippen LogP contribution >= 0.6 is 0 Å². The standard InChI is InChI=1S/C21H25NO2/c23-21(17-24-16-20-10-5-2-6-11-20)22(15-19-12-7-13-19)14-18-8-3-1-4-9-18/h1-6,8-11,19H,7,12-17H2. The first-order valence-electron chi connectivity index (χ1n) is 8.74. The first kappa shape index (κ1) is 16.7. The van der Waals surface area contributed by atoms with Crippen molar-refractivity contribution in [2.75, 3.05) is 13.2 Å². The Labute approximate surface area is 144 Å². The maximum atomic E-state index is 12.6. The van der Waals surface area contributed by atoms with Crippen molar-refractivity contribution < 1.29 is 9.53 Å². The van der Waals surface area contributed by atoms with Crippen molar-refractivity contribution in [1.82, 2.24) is 4.90 Å². The predicted octanol–water partition coefficient (Wildman–Crippen LogP) is 4.03. The summed E-state index contributed by atoms with van der Waals surface area (Å²) < 4.78 is 5.64. The number of nitrogens with zero attached hydrogens (tertiary/aromatic N) is 1. The zero-order valence-corrected chi connectivity index (χ0v) is 14.1. The highest BCUT2D eigenvalue weighted by Gasteiger charge is 2.23. The van der Waals surface area contributed by atoms with Gasteiger partial charge in [0.15, 0.2) is 0 Å². The van der Waals surface area contributed by atoms with E-state index < -0.39 is 0 Å². The van der Waals surface area contributed by atoms with E-state index in [1.165, 1.54) is 24.8 Å². The van der Waals surface area contributed by atoms with Crippen LogP contribution in [0.4, 0.5) is 0 Å². The lowest BCUT2D eigenvalue weighted by atomic mass is 9.85. The largest absolute Gasteiger partial charge is 0.367 e. The summed E-state index contributed by atoms with van der Waals surface area (Å²) in [6.07, 6.45) is 3.77. The van der Waals surface area contributed by atoms with Crippen molar-refractivity contribution in [3.8, 4) is 0 Å². The normalized spacial score (nSPS) is 14.2. The molecule has 3 heteroatoms. The van der Waals surface area contributed by atoms with Crippen LogP contribution in [-0.4, -0.2) is 24.0 Å². The van der Waals surface area contributed by atoms with Gasteiger partial charge in [-0.15, -0.1) is 0 Å². The van der Waals surface area contributed by atoms with Gasteiger partial charge in [-0.1, -0.05) is 67.1 Å². The van der Waals surface area contributed by atoms with Gasteiger partial charge in [-0.05, 0) is 29.9 Å². The van der Waals surface area contributed by atoms with Gasteiger partial charge in [-0.3, -0.25) is 4.79 Å². The molecule has 0 N–H and O–H groups in total. The number of benzene rings is 2. The van der Waals surface area contributed by atoms with Crippen LogP contribution in [0.15, 0.2) is 60.7 Å². The van der Waals surface area contributed by atoms with E-state index in [9.17, 15) is 4.79 Å². The number of amides is 1. The van der Waals surface area contributed by atoms with Gasteiger partial charge in [0, 0.05) is 13.1 Å². The van der Waals surface area contributed by atoms with Crippen LogP contribution in [0.5, 0.6) is 0 Å². The van der Waals surface area contributed by atoms with E-state index in [2.05, 4.69) is 12.1 Å². The van der Waals surface area contributed by atoms with Crippen LogP contribution in [0.2, 0.25) is 0 Å². The maximum absolute atomic E-state index is 12.6. The summed E-state index contributed by atoms with van der Waals surface area (Å²) in [6, 6.07) is 20.2. The molecule has 3 nitrogen and oxygen atoms in total. The SMILES string of the molecule is O=C(COCc1ccccc1)N(Cc1ccccc1)CC1CCC1. The molecule has 0 heterocycles. The van der Waals surface area contributed by atoms with E-state index in [0.717, 1.165) is 12.1 Å². The van der Waals surface area contributed by atoms with Crippen molar-refractivity contribution >= 4 is 5.91 Å². The van der Waals surface area contributed by atoms with Crippen molar-refractivity contribution in [2.24, 2.45) is 5.92 Å². The molecule has 0 atom stereocenters. The molecule has 126 valence electrons. The molecule has 1 aliphatic carbocycles. The summed E-state index contributed by atoms with van der Waals surface area (Å²) in [5, 5.41) is 0. The number of rotatable bonds is 8. The molecule has 0 spiro atoms. The van der Waals surface area contributed by atoms with E-state index in [1.54, 1.807) is 0 Å². The fraction of sp³-hybridized carbons (Fsp3) is 0.381. The molecule has 0 unspecified atom stereocenters. The third-order valence-electron chi connectivity index (χ3n) is 4.61. The summed E-state index contributed by atoms with van der Waals surface area (Å²) in [4.78, 5) is 14.6. The molecule has 0 saturated heterocycles. The van der Waals surface area contributed by atoms with Crippen molar-refractivity contribution in [3.05, 3.63) is 71.8 Å². The molecular weight excluding hydrogens is 298 g/mol. The van der Waals surface area contributed by atoms with Gasteiger partial charge >= 0.3 is 0 Å². The van der Waals surface area contributed by atoms with Crippen molar-refractivity contribution in [2.45, 2.75) is 32.4 Å². The molecule has 1 aliphatic rings. The number of hydrogen-bond donors (Lipinski definition) is 0. The fourth-order valence-electron chi connectivity index (χ4n) is 2.97. The zero-order chi connectivity index (χ0) is 16.6. The number of hydrogen-bond acceptors (Lipinski definition) is 2. The third kappa shape index (κ3) is 4.93. The molecule has 1 saturated carbocycles. The van der Waals surface area contributed by atoms with Crippen LogP contribution < -0.4 is 0 Å². The third-order valence-corrected chi connectivity index (χ3v) is 4.61. The fourth-order valence-corrected chi connectivity index (χ4v) is 2.97. The van der Waals surface area contributed by atoms with Gasteiger partial charge in [0.2, 0.25) is 5.91 Å². The molecule has 0 aromatic heterocycles. The van der Waals surface area contributed by atoms with E-state index >= 15 is 0 Å². The monoisotopic (exact) mass is 323 g/mol. The van der Waals surface area contributed by atoms with Crippen LogP contribution in [0.1, 0.15) is 30.4 Å². The summed E-state index contributed by atoms with van der Waals surface area (Å²) in [6.45, 7) is 2.15. The van der Waals surface area contributed by atoms with Crippen LogP contribution in [0.25, 0.3) is 0 Å². The van der Waals surface area contributed by atoms with Gasteiger partial charge < -0.3 is 9.64 Å². The highest BCUT2D eigenvalue weighted by atomic mass is 16.5. The van der Waals surface area contributed by atoms with Crippen LogP contribution in [0, 0.1) is 5.92 Å². The predicted molar refractivity (Wildman–Crippen MR) is 95.3 cm³/mol. The first-order chi connectivity index (χ1) is 11.8. The Balaban J connectivity index is 1.53. The molecule has 3 rings (SSSR count). The Kier molecular flexibility index (Phi) is 6.02. The Morgan fingerprint density at radius 2 is 1.58 bits per heavy atom. The molecule has 2 aromatic carbocycles. The van der Waals surface area contributed by atoms with Crippen LogP contribution in [0.3, 0.4) is 0 Å². The zero-order valence-electron chi connectivity index (χ0n) is 14.1. The summed E-state index contributed by atoms with van der Waals surface area (Å²) >= 11 is 0. The van der Waals surface area contributed by atoms with E-state index in [1.807, 2.05) is 53.4 Å². The smallest absolute Gasteiger partial charge is 0.248 e. The van der Waals surface area contributed by atoms with Gasteiger partial charge in [0.05, 0.1) is 6.61 Å². The topological polar surface area (TPSA) is 29.5 Å². The molecule has 2 aromatic rings. The highest BCUT2D eigenvalue weighted by Crippen LogP contribution is 2.27. The quantitative estimate of drug-likeness (QED) is 0.734. The Hall–Kier alpha value is -2.13. The summed E-state index contributed by atoms with van der Waals surface area (Å²) in [5.41, 5.74) is 2.27. The highest BCUT2D eigenvalue weighted by molar-refractivity contribution is 5.77. The molecule has 0 aliphatic heterocycles. The van der Waals surface area contributed by atoms with Crippen molar-refractivity contribution in [3.63, 3.8) is 0 Å². The lowest BCUT2D eigenvalue weighted by molar-refractivity contribution is -0.138. The Morgan fingerprint density at radius 3 is 2.17 bits per heavy atom. The Morgan fingerprint density at radius 1 is 0.958 bits per heavy atom. The first-order valence-corrected chi connectivity index (χ1v) is 8.74. The maximum Gasteiger partial charge on any atom is 0.248 e. The number of ether oxygens (including phenoxy) is 1. The number of carbonyl (C=O) groups excluding carboxylic acids is 1. The van der Waals surface area contributed by atoms with E-state index in [-0.39, 0.29) is 12.5 Å². The Bertz CT molecular complexity index is 623.